The molecule has 4 aromatic carbocycles. The number of hydrogen-bond acceptors (Lipinski definition) is 4. The molecular formula is C35H32BrF3N4O3. The highest BCUT2D eigenvalue weighted by atomic mass is 79.9. The van der Waals surface area contributed by atoms with Crippen molar-refractivity contribution in [3.63, 3.8) is 0 Å². The molecular weight excluding hydrogens is 661 g/mol. The molecule has 46 heavy (non-hydrogen) atoms. The Balaban J connectivity index is 0.000000537. The molecule has 0 atom stereocenters. The molecule has 11 heteroatoms. The number of carbonyl (C=O) groups excluding carboxylic acids is 1. The van der Waals surface area contributed by atoms with Crippen LogP contribution in [-0.2, 0) is 17.9 Å². The van der Waals surface area contributed by atoms with E-state index in [1.54, 1.807) is 0 Å². The number of para-hydroxylation sites is 1. The van der Waals surface area contributed by atoms with Crippen molar-refractivity contribution in [2.45, 2.75) is 19.3 Å². The smallest absolute Gasteiger partial charge is 0.475 e. The minimum atomic E-state index is -5.08. The number of halogens is 4. The van der Waals surface area contributed by atoms with Crippen LogP contribution in [0, 0.1) is 0 Å². The number of aromatic nitrogens is 1. The van der Waals surface area contributed by atoms with Gasteiger partial charge in [0.25, 0.3) is 5.91 Å². The fraction of sp³-hybridized carbons (Fsp3) is 0.200. The number of nitrogens with one attached hydrogen (secondary N) is 1. The second-order valence-electron chi connectivity index (χ2n) is 10.9. The van der Waals surface area contributed by atoms with E-state index in [0.29, 0.717) is 5.56 Å². The van der Waals surface area contributed by atoms with Crippen molar-refractivity contribution >= 4 is 44.4 Å². The predicted molar refractivity (Wildman–Crippen MR) is 176 cm³/mol. The normalized spacial score (nSPS) is 14.0. The lowest BCUT2D eigenvalue weighted by Crippen LogP contribution is -2.45. The lowest BCUT2D eigenvalue weighted by molar-refractivity contribution is -0.192. The molecule has 1 aliphatic rings. The molecule has 2 N–H and O–H groups in total. The molecule has 0 spiro atoms. The Hall–Kier alpha value is -4.45. The standard InChI is InChI=1S/C33H31BrN4O.C2HF3O2/c34-29-13-10-28(24-37-20-18-36(19-21-37)23-25-6-2-1-3-7-25)31(22-29)35-33(39)27-11-14-30(15-12-27)38-17-16-26-8-4-5-9-32(26)38;3-2(4,5)1(6)7/h1-17,22H,18-21,23-24H2,(H,35,39);(H,6,7). The van der Waals surface area contributed by atoms with Crippen molar-refractivity contribution in [2.24, 2.45) is 0 Å². The highest BCUT2D eigenvalue weighted by molar-refractivity contribution is 9.10. The maximum absolute atomic E-state index is 13.2. The van der Waals surface area contributed by atoms with Crippen molar-refractivity contribution in [2.75, 3.05) is 31.5 Å². The summed E-state index contributed by atoms with van der Waals surface area (Å²) in [4.78, 5) is 27.1. The number of amides is 1. The molecule has 1 aromatic heterocycles. The van der Waals surface area contributed by atoms with E-state index in [1.807, 2.05) is 48.5 Å². The highest BCUT2D eigenvalue weighted by Crippen LogP contribution is 2.25. The Labute approximate surface area is 273 Å². The average molecular weight is 694 g/mol. The molecule has 0 aliphatic carbocycles. The first-order valence-electron chi connectivity index (χ1n) is 14.6. The monoisotopic (exact) mass is 692 g/mol. The number of rotatable bonds is 7. The number of aliphatic carboxylic acids is 1. The highest BCUT2D eigenvalue weighted by Gasteiger charge is 2.38. The van der Waals surface area contributed by atoms with Crippen LogP contribution in [0.5, 0.6) is 0 Å². The minimum absolute atomic E-state index is 0.106. The van der Waals surface area contributed by atoms with Crippen LogP contribution >= 0.6 is 15.9 Å². The summed E-state index contributed by atoms with van der Waals surface area (Å²) in [5.74, 6) is -2.86. The SMILES string of the molecule is O=C(Nc1cc(Br)ccc1CN1CCN(Cc2ccccc2)CC1)c1ccc(-n2ccc3ccccc32)cc1.O=C(O)C(F)(F)F. The van der Waals surface area contributed by atoms with Crippen LogP contribution < -0.4 is 5.32 Å². The van der Waals surface area contributed by atoms with Gasteiger partial charge in [-0.1, -0.05) is 70.5 Å². The van der Waals surface area contributed by atoms with Crippen LogP contribution in [0.1, 0.15) is 21.5 Å². The lowest BCUT2D eigenvalue weighted by Gasteiger charge is -2.35. The number of piperazine rings is 1. The van der Waals surface area contributed by atoms with Crippen LogP contribution in [0.15, 0.2) is 114 Å². The summed E-state index contributed by atoms with van der Waals surface area (Å²) in [6.45, 7) is 5.89. The number of hydrogen-bond donors (Lipinski definition) is 2. The second-order valence-corrected chi connectivity index (χ2v) is 11.8. The molecule has 0 bridgehead atoms. The van der Waals surface area contributed by atoms with Gasteiger partial charge in [0.1, 0.15) is 0 Å². The Morgan fingerprint density at radius 3 is 2.04 bits per heavy atom. The van der Waals surface area contributed by atoms with Gasteiger partial charge in [-0.05, 0) is 65.0 Å². The molecule has 238 valence electrons. The summed E-state index contributed by atoms with van der Waals surface area (Å²) in [6.07, 6.45) is -3.02. The summed E-state index contributed by atoms with van der Waals surface area (Å²) in [7, 11) is 0. The number of carboxylic acid groups (broad SMARTS) is 1. The summed E-state index contributed by atoms with van der Waals surface area (Å²) < 4.78 is 34.8. The molecule has 5 aromatic rings. The number of nitrogens with zero attached hydrogens (tertiary/aromatic N) is 3. The maximum atomic E-state index is 13.2. The zero-order valence-electron chi connectivity index (χ0n) is 24.8. The summed E-state index contributed by atoms with van der Waals surface area (Å²) in [5, 5.41) is 11.5. The van der Waals surface area contributed by atoms with E-state index in [4.69, 9.17) is 9.90 Å². The first-order chi connectivity index (χ1) is 22.1. The topological polar surface area (TPSA) is 77.8 Å². The van der Waals surface area contributed by atoms with Crippen molar-refractivity contribution in [3.05, 3.63) is 130 Å². The van der Waals surface area contributed by atoms with Gasteiger partial charge in [0.2, 0.25) is 0 Å². The van der Waals surface area contributed by atoms with Gasteiger partial charge in [-0.3, -0.25) is 14.6 Å². The third-order valence-electron chi connectivity index (χ3n) is 7.68. The van der Waals surface area contributed by atoms with E-state index in [0.717, 1.165) is 66.2 Å². The summed E-state index contributed by atoms with van der Waals surface area (Å²) in [6, 6.07) is 35.0. The molecule has 1 saturated heterocycles. The van der Waals surface area contributed by atoms with E-state index in [2.05, 4.69) is 96.4 Å². The number of benzene rings is 4. The first-order valence-corrected chi connectivity index (χ1v) is 15.4. The molecule has 6 rings (SSSR count). The third kappa shape index (κ3) is 8.63. The molecule has 0 saturated carbocycles. The number of carbonyl (C=O) groups is 2. The van der Waals surface area contributed by atoms with Crippen LogP contribution in [0.25, 0.3) is 16.6 Å². The van der Waals surface area contributed by atoms with Gasteiger partial charge in [0.05, 0.1) is 5.52 Å². The number of anilines is 1. The maximum Gasteiger partial charge on any atom is 0.490 e. The Kier molecular flexibility index (Phi) is 10.6. The summed E-state index contributed by atoms with van der Waals surface area (Å²) >= 11 is 3.58. The third-order valence-corrected chi connectivity index (χ3v) is 8.17. The zero-order valence-corrected chi connectivity index (χ0v) is 26.3. The van der Waals surface area contributed by atoms with Crippen molar-refractivity contribution in [1.29, 1.82) is 0 Å². The van der Waals surface area contributed by atoms with Crippen LogP contribution in [-0.4, -0.2) is 63.7 Å². The minimum Gasteiger partial charge on any atom is -0.475 e. The van der Waals surface area contributed by atoms with Gasteiger partial charge in [0, 0.05) is 66.9 Å². The van der Waals surface area contributed by atoms with Crippen LogP contribution in [0.3, 0.4) is 0 Å². The van der Waals surface area contributed by atoms with Gasteiger partial charge in [-0.15, -0.1) is 0 Å². The fourth-order valence-electron chi connectivity index (χ4n) is 5.27. The second kappa shape index (κ2) is 14.8. The van der Waals surface area contributed by atoms with Crippen LogP contribution in [0.4, 0.5) is 18.9 Å². The van der Waals surface area contributed by atoms with Gasteiger partial charge in [0.15, 0.2) is 0 Å². The summed E-state index contributed by atoms with van der Waals surface area (Å²) in [5.41, 5.74) is 6.14. The Morgan fingerprint density at radius 1 is 0.783 bits per heavy atom. The van der Waals surface area contributed by atoms with E-state index < -0.39 is 12.1 Å². The lowest BCUT2D eigenvalue weighted by atomic mass is 10.1. The van der Waals surface area contributed by atoms with Crippen molar-refractivity contribution in [3.8, 4) is 5.69 Å². The molecule has 0 radical (unpaired) electrons. The molecule has 1 amide bonds. The van der Waals surface area contributed by atoms with Gasteiger partial charge >= 0.3 is 12.1 Å². The van der Waals surface area contributed by atoms with Gasteiger partial charge in [-0.25, -0.2) is 4.79 Å². The Morgan fingerprint density at radius 2 is 1.39 bits per heavy atom. The van der Waals surface area contributed by atoms with E-state index in [-0.39, 0.29) is 5.91 Å². The van der Waals surface area contributed by atoms with Gasteiger partial charge < -0.3 is 15.0 Å². The fourth-order valence-corrected chi connectivity index (χ4v) is 5.63. The van der Waals surface area contributed by atoms with Gasteiger partial charge in [-0.2, -0.15) is 13.2 Å². The van der Waals surface area contributed by atoms with Crippen molar-refractivity contribution < 1.29 is 27.9 Å². The number of alkyl halides is 3. The number of carboxylic acids is 1. The predicted octanol–water partition coefficient (Wildman–Crippen LogP) is 7.60. The Bertz CT molecular complexity index is 1780. The van der Waals surface area contributed by atoms with Crippen molar-refractivity contribution in [1.82, 2.24) is 14.4 Å². The largest absolute Gasteiger partial charge is 0.490 e. The number of fused-ring (bicyclic) bond motifs is 1. The van der Waals surface area contributed by atoms with Crippen LogP contribution in [0.2, 0.25) is 0 Å². The average Bonchev–Trinajstić information content (AvgIpc) is 3.48. The molecule has 7 nitrogen and oxygen atoms in total. The zero-order chi connectivity index (χ0) is 32.7. The molecule has 1 aliphatic heterocycles. The molecule has 1 fully saturated rings. The molecule has 0 unspecified atom stereocenters. The van der Waals surface area contributed by atoms with E-state index in [9.17, 15) is 18.0 Å². The van der Waals surface area contributed by atoms with E-state index >= 15 is 0 Å². The first kappa shape index (κ1) is 32.9. The van der Waals surface area contributed by atoms with E-state index in [1.165, 1.54) is 10.9 Å². The molecule has 2 heterocycles. The quantitative estimate of drug-likeness (QED) is 0.184.